The summed E-state index contributed by atoms with van der Waals surface area (Å²) in [5, 5.41) is 2.80. The van der Waals surface area contributed by atoms with Crippen LogP contribution in [0.4, 0.5) is 4.79 Å². The van der Waals surface area contributed by atoms with Crippen molar-refractivity contribution in [1.29, 1.82) is 0 Å². The number of hydrogen-bond donors (Lipinski definition) is 1. The molecule has 2 aliphatic heterocycles. The van der Waals surface area contributed by atoms with Gasteiger partial charge in [0.1, 0.15) is 11.4 Å². The van der Waals surface area contributed by atoms with Crippen molar-refractivity contribution in [2.45, 2.75) is 58.6 Å². The van der Waals surface area contributed by atoms with Crippen LogP contribution in [0.15, 0.2) is 0 Å². The number of carbonyl (C=O) groups is 3. The number of amides is 2. The molecule has 0 bridgehead atoms. The van der Waals surface area contributed by atoms with E-state index in [9.17, 15) is 14.4 Å². The van der Waals surface area contributed by atoms with Crippen molar-refractivity contribution in [1.82, 2.24) is 10.2 Å². The molecule has 2 heterocycles. The first-order chi connectivity index (χ1) is 9.19. The van der Waals surface area contributed by atoms with Gasteiger partial charge in [0.05, 0.1) is 12.0 Å². The van der Waals surface area contributed by atoms with Crippen LogP contribution in [-0.4, -0.2) is 46.9 Å². The van der Waals surface area contributed by atoms with Gasteiger partial charge < -0.3 is 15.0 Å². The van der Waals surface area contributed by atoms with Crippen molar-refractivity contribution < 1.29 is 19.1 Å². The summed E-state index contributed by atoms with van der Waals surface area (Å²) < 4.78 is 5.22. The SMILES string of the molecule is CC.CC(C)(C)OC(=O)N1CC2(CC(=O)CC(=O)N2)C1. The third-order valence-electron chi connectivity index (χ3n) is 2.94. The lowest BCUT2D eigenvalue weighted by Gasteiger charge is -2.51. The van der Waals surface area contributed by atoms with Gasteiger partial charge >= 0.3 is 6.09 Å². The predicted molar refractivity (Wildman–Crippen MR) is 74.3 cm³/mol. The highest BCUT2D eigenvalue weighted by atomic mass is 16.6. The summed E-state index contributed by atoms with van der Waals surface area (Å²) in [6.07, 6.45) is -0.146. The average molecular weight is 284 g/mol. The number of rotatable bonds is 0. The summed E-state index contributed by atoms with van der Waals surface area (Å²) in [7, 11) is 0. The molecule has 0 unspecified atom stereocenters. The first-order valence-corrected chi connectivity index (χ1v) is 7.00. The topological polar surface area (TPSA) is 75.7 Å². The quantitative estimate of drug-likeness (QED) is 0.684. The van der Waals surface area contributed by atoms with Crippen LogP contribution in [0.5, 0.6) is 0 Å². The molecule has 0 aromatic heterocycles. The molecule has 0 radical (unpaired) electrons. The molecular formula is C14H24N2O4. The fraction of sp³-hybridized carbons (Fsp3) is 0.786. The standard InChI is InChI=1S/C12H18N2O4.C2H6/c1-11(2,3)18-10(17)14-6-12(7-14)5-8(15)4-9(16)13-12;1-2/h4-7H2,1-3H3,(H,13,16);1-2H3. The number of nitrogens with one attached hydrogen (secondary N) is 1. The minimum Gasteiger partial charge on any atom is -0.444 e. The Morgan fingerprint density at radius 3 is 2.25 bits per heavy atom. The molecule has 0 aliphatic carbocycles. The van der Waals surface area contributed by atoms with Crippen LogP contribution in [0.25, 0.3) is 0 Å². The predicted octanol–water partition coefficient (Wildman–Crippen LogP) is 1.48. The molecule has 114 valence electrons. The highest BCUT2D eigenvalue weighted by molar-refractivity contribution is 6.01. The van der Waals surface area contributed by atoms with E-state index in [1.165, 1.54) is 4.90 Å². The van der Waals surface area contributed by atoms with Gasteiger partial charge in [-0.25, -0.2) is 4.79 Å². The minimum absolute atomic E-state index is 0.0474. The number of likely N-dealkylation sites (tertiary alicyclic amines) is 1. The summed E-state index contributed by atoms with van der Waals surface area (Å²) >= 11 is 0. The Labute approximate surface area is 119 Å². The van der Waals surface area contributed by atoms with Gasteiger partial charge in [-0.2, -0.15) is 0 Å². The van der Waals surface area contributed by atoms with E-state index in [1.807, 2.05) is 13.8 Å². The normalized spacial score (nSPS) is 20.6. The Hall–Kier alpha value is -1.59. The monoisotopic (exact) mass is 284 g/mol. The van der Waals surface area contributed by atoms with Crippen LogP contribution in [0, 0.1) is 0 Å². The van der Waals surface area contributed by atoms with Crippen LogP contribution in [0.3, 0.4) is 0 Å². The van der Waals surface area contributed by atoms with E-state index in [2.05, 4.69) is 5.32 Å². The lowest BCUT2D eigenvalue weighted by Crippen LogP contribution is -2.73. The van der Waals surface area contributed by atoms with Gasteiger partial charge in [-0.3, -0.25) is 9.59 Å². The smallest absolute Gasteiger partial charge is 0.410 e. The van der Waals surface area contributed by atoms with E-state index >= 15 is 0 Å². The van der Waals surface area contributed by atoms with E-state index in [-0.39, 0.29) is 18.1 Å². The number of nitrogens with zero attached hydrogens (tertiary/aromatic N) is 1. The first kappa shape index (κ1) is 16.5. The van der Waals surface area contributed by atoms with Gasteiger partial charge in [0, 0.05) is 19.5 Å². The summed E-state index contributed by atoms with van der Waals surface area (Å²) in [6, 6.07) is 0. The number of ether oxygens (including phenoxy) is 1. The number of Topliss-reactive ketones (excluding diaryl/α,β-unsaturated/α-hetero) is 1. The molecule has 2 amide bonds. The maximum Gasteiger partial charge on any atom is 0.410 e. The highest BCUT2D eigenvalue weighted by Gasteiger charge is 2.50. The van der Waals surface area contributed by atoms with Crippen molar-refractivity contribution in [2.24, 2.45) is 0 Å². The Morgan fingerprint density at radius 2 is 1.80 bits per heavy atom. The van der Waals surface area contributed by atoms with Gasteiger partial charge in [-0.05, 0) is 20.8 Å². The maximum atomic E-state index is 11.7. The molecule has 2 rings (SSSR count). The molecule has 0 atom stereocenters. The minimum atomic E-state index is -0.552. The summed E-state index contributed by atoms with van der Waals surface area (Å²) in [5.74, 6) is -0.322. The zero-order valence-electron chi connectivity index (χ0n) is 12.9. The molecule has 1 spiro atoms. The van der Waals surface area contributed by atoms with Crippen LogP contribution in [0.2, 0.25) is 0 Å². The number of piperidine rings is 1. The summed E-state index contributed by atoms with van der Waals surface area (Å²) in [5.41, 5.74) is -1.09. The molecule has 6 heteroatoms. The molecule has 6 nitrogen and oxygen atoms in total. The lowest BCUT2D eigenvalue weighted by molar-refractivity contribution is -0.138. The van der Waals surface area contributed by atoms with Crippen molar-refractivity contribution in [3.05, 3.63) is 0 Å². The van der Waals surface area contributed by atoms with Crippen molar-refractivity contribution >= 4 is 17.8 Å². The fourth-order valence-electron chi connectivity index (χ4n) is 2.33. The van der Waals surface area contributed by atoms with Crippen molar-refractivity contribution in [3.8, 4) is 0 Å². The van der Waals surface area contributed by atoms with Crippen LogP contribution < -0.4 is 5.32 Å². The Morgan fingerprint density at radius 1 is 1.25 bits per heavy atom. The molecule has 20 heavy (non-hydrogen) atoms. The molecule has 0 saturated carbocycles. The van der Waals surface area contributed by atoms with Gasteiger partial charge in [0.25, 0.3) is 0 Å². The van der Waals surface area contributed by atoms with Crippen LogP contribution >= 0.6 is 0 Å². The average Bonchev–Trinajstić information content (AvgIpc) is 2.24. The second-order valence-electron chi connectivity index (χ2n) is 6.06. The van der Waals surface area contributed by atoms with Crippen molar-refractivity contribution in [2.75, 3.05) is 13.1 Å². The molecule has 2 saturated heterocycles. The Balaban J connectivity index is 0.000000956. The zero-order valence-corrected chi connectivity index (χ0v) is 12.9. The molecule has 1 N–H and O–H groups in total. The second-order valence-corrected chi connectivity index (χ2v) is 6.06. The third kappa shape index (κ3) is 3.95. The maximum absolute atomic E-state index is 11.7. The van der Waals surface area contributed by atoms with Gasteiger partial charge in [0.2, 0.25) is 5.91 Å². The highest BCUT2D eigenvalue weighted by Crippen LogP contribution is 2.29. The molecule has 2 fully saturated rings. The van der Waals surface area contributed by atoms with E-state index in [1.54, 1.807) is 20.8 Å². The van der Waals surface area contributed by atoms with E-state index in [0.29, 0.717) is 19.5 Å². The van der Waals surface area contributed by atoms with Gasteiger partial charge in [0.15, 0.2) is 0 Å². The van der Waals surface area contributed by atoms with E-state index < -0.39 is 17.2 Å². The second kappa shape index (κ2) is 5.81. The number of carbonyl (C=O) groups excluding carboxylic acids is 3. The Kier molecular flexibility index (Phi) is 4.78. The zero-order chi connectivity index (χ0) is 15.6. The molecule has 0 aromatic carbocycles. The number of hydrogen-bond acceptors (Lipinski definition) is 4. The number of ketones is 1. The largest absolute Gasteiger partial charge is 0.444 e. The fourth-order valence-corrected chi connectivity index (χ4v) is 2.33. The molecular weight excluding hydrogens is 260 g/mol. The van der Waals surface area contributed by atoms with Gasteiger partial charge in [-0.15, -0.1) is 0 Å². The van der Waals surface area contributed by atoms with Gasteiger partial charge in [-0.1, -0.05) is 13.8 Å². The third-order valence-corrected chi connectivity index (χ3v) is 2.94. The van der Waals surface area contributed by atoms with E-state index in [0.717, 1.165) is 0 Å². The Bertz CT molecular complexity index is 388. The van der Waals surface area contributed by atoms with Crippen LogP contribution in [-0.2, 0) is 14.3 Å². The lowest BCUT2D eigenvalue weighted by atomic mass is 9.81. The molecule has 2 aliphatic rings. The van der Waals surface area contributed by atoms with Crippen molar-refractivity contribution in [3.63, 3.8) is 0 Å². The summed E-state index contributed by atoms with van der Waals surface area (Å²) in [4.78, 5) is 36.0. The summed E-state index contributed by atoms with van der Waals surface area (Å²) in [6.45, 7) is 10.1. The van der Waals surface area contributed by atoms with E-state index in [4.69, 9.17) is 4.74 Å². The molecule has 0 aromatic rings. The van der Waals surface area contributed by atoms with Crippen LogP contribution in [0.1, 0.15) is 47.5 Å². The first-order valence-electron chi connectivity index (χ1n) is 7.00.